The van der Waals surface area contributed by atoms with Crippen LogP contribution in [0.15, 0.2) is 36.4 Å². The molecular weight excluding hydrogens is 388 g/mol. The lowest BCUT2D eigenvalue weighted by molar-refractivity contribution is 0.0608. The van der Waals surface area contributed by atoms with Crippen LogP contribution in [0.25, 0.3) is 0 Å². The molecule has 2 aliphatic heterocycles. The van der Waals surface area contributed by atoms with Crippen molar-refractivity contribution in [2.24, 2.45) is 0 Å². The molecule has 146 valence electrons. The number of piperidine rings is 1. The third-order valence-electron chi connectivity index (χ3n) is 5.54. The molecule has 0 aliphatic carbocycles. The van der Waals surface area contributed by atoms with Crippen LogP contribution in [0.1, 0.15) is 33.6 Å². The van der Waals surface area contributed by atoms with E-state index in [1.807, 2.05) is 18.0 Å². The van der Waals surface area contributed by atoms with E-state index in [2.05, 4.69) is 5.32 Å². The van der Waals surface area contributed by atoms with Crippen LogP contribution in [0.5, 0.6) is 0 Å². The van der Waals surface area contributed by atoms with Crippen molar-refractivity contribution in [3.8, 4) is 0 Å². The van der Waals surface area contributed by atoms with Crippen molar-refractivity contribution in [2.75, 3.05) is 25.0 Å². The van der Waals surface area contributed by atoms with Crippen molar-refractivity contribution in [3.05, 3.63) is 64.2 Å². The Morgan fingerprint density at radius 1 is 1.11 bits per heavy atom. The molecule has 1 spiro atoms. The number of carbonyl (C=O) groups is 2. The highest BCUT2D eigenvalue weighted by Crippen LogP contribution is 2.37. The van der Waals surface area contributed by atoms with Gasteiger partial charge in [-0.25, -0.2) is 8.78 Å². The van der Waals surface area contributed by atoms with Gasteiger partial charge in [0.25, 0.3) is 11.8 Å². The summed E-state index contributed by atoms with van der Waals surface area (Å²) in [4.78, 5) is 28.8. The largest absolute Gasteiger partial charge is 0.351 e. The minimum atomic E-state index is -0.786. The van der Waals surface area contributed by atoms with Crippen LogP contribution < -0.4 is 10.2 Å². The van der Waals surface area contributed by atoms with E-state index in [4.69, 9.17) is 11.6 Å². The zero-order valence-corrected chi connectivity index (χ0v) is 15.9. The number of benzene rings is 2. The molecule has 0 aromatic heterocycles. The van der Waals surface area contributed by atoms with Crippen molar-refractivity contribution in [2.45, 2.75) is 18.5 Å². The summed E-state index contributed by atoms with van der Waals surface area (Å²) in [6.07, 6.45) is 0.974. The van der Waals surface area contributed by atoms with Crippen molar-refractivity contribution in [1.29, 1.82) is 0 Å². The van der Waals surface area contributed by atoms with Gasteiger partial charge in [0, 0.05) is 49.6 Å². The second kappa shape index (κ2) is 6.74. The number of nitrogens with one attached hydrogen (secondary N) is 1. The van der Waals surface area contributed by atoms with E-state index in [1.165, 1.54) is 0 Å². The van der Waals surface area contributed by atoms with Gasteiger partial charge in [0.15, 0.2) is 0 Å². The summed E-state index contributed by atoms with van der Waals surface area (Å²) in [5, 5.41) is 3.54. The first-order chi connectivity index (χ1) is 13.3. The Labute approximate surface area is 165 Å². The second-order valence-electron chi connectivity index (χ2n) is 7.16. The topological polar surface area (TPSA) is 52.7 Å². The van der Waals surface area contributed by atoms with Gasteiger partial charge in [-0.2, -0.15) is 0 Å². The van der Waals surface area contributed by atoms with Crippen molar-refractivity contribution in [1.82, 2.24) is 10.2 Å². The summed E-state index contributed by atoms with van der Waals surface area (Å²) in [5.74, 6) is -2.20. The number of nitrogens with zero attached hydrogens (tertiary/aromatic N) is 2. The Morgan fingerprint density at radius 3 is 2.39 bits per heavy atom. The molecule has 28 heavy (non-hydrogen) atoms. The molecule has 2 aromatic carbocycles. The number of rotatable bonds is 1. The molecule has 8 heteroatoms. The van der Waals surface area contributed by atoms with Gasteiger partial charge >= 0.3 is 0 Å². The first kappa shape index (κ1) is 18.7. The van der Waals surface area contributed by atoms with E-state index in [-0.39, 0.29) is 11.5 Å². The molecule has 1 N–H and O–H groups in total. The Balaban J connectivity index is 1.54. The quantitative estimate of drug-likeness (QED) is 0.790. The lowest BCUT2D eigenvalue weighted by Crippen LogP contribution is -2.67. The average molecular weight is 406 g/mol. The maximum atomic E-state index is 13.4. The number of carbonyl (C=O) groups excluding carboxylic acids is 2. The van der Waals surface area contributed by atoms with Gasteiger partial charge in [-0.05, 0) is 30.3 Å². The SMILES string of the molecule is CN1c2ccc(Cl)cc2C(=O)NC12CCN(C(=O)c1cc(F)cc(F)c1)CC2. The molecule has 0 unspecified atom stereocenters. The Morgan fingerprint density at radius 2 is 1.75 bits per heavy atom. The Bertz CT molecular complexity index is 954. The smallest absolute Gasteiger partial charge is 0.255 e. The number of hydrogen-bond acceptors (Lipinski definition) is 3. The maximum absolute atomic E-state index is 13.4. The third-order valence-corrected chi connectivity index (χ3v) is 5.78. The first-order valence-corrected chi connectivity index (χ1v) is 9.28. The third kappa shape index (κ3) is 3.09. The Hall–Kier alpha value is -2.67. The zero-order valence-electron chi connectivity index (χ0n) is 15.1. The van der Waals surface area contributed by atoms with Gasteiger partial charge in [-0.3, -0.25) is 9.59 Å². The van der Waals surface area contributed by atoms with Crippen LogP contribution in [-0.2, 0) is 0 Å². The molecule has 0 radical (unpaired) electrons. The molecule has 5 nitrogen and oxygen atoms in total. The highest BCUT2D eigenvalue weighted by molar-refractivity contribution is 6.31. The molecule has 0 bridgehead atoms. The number of likely N-dealkylation sites (tertiary alicyclic amines) is 1. The molecule has 2 aliphatic rings. The van der Waals surface area contributed by atoms with Gasteiger partial charge in [0.05, 0.1) is 11.3 Å². The highest BCUT2D eigenvalue weighted by atomic mass is 35.5. The van der Waals surface area contributed by atoms with Gasteiger partial charge < -0.3 is 15.1 Å². The van der Waals surface area contributed by atoms with E-state index in [0.29, 0.717) is 36.5 Å². The van der Waals surface area contributed by atoms with E-state index >= 15 is 0 Å². The maximum Gasteiger partial charge on any atom is 0.255 e. The van der Waals surface area contributed by atoms with Crippen molar-refractivity contribution < 1.29 is 18.4 Å². The number of fused-ring (bicyclic) bond motifs is 1. The normalized spacial score (nSPS) is 18.1. The van der Waals surface area contributed by atoms with E-state index in [0.717, 1.165) is 23.9 Å². The fraction of sp³-hybridized carbons (Fsp3) is 0.300. The fourth-order valence-corrected chi connectivity index (χ4v) is 4.15. The van der Waals surface area contributed by atoms with Crippen LogP contribution in [0.3, 0.4) is 0 Å². The monoisotopic (exact) mass is 405 g/mol. The lowest BCUT2D eigenvalue weighted by atomic mass is 9.90. The highest BCUT2D eigenvalue weighted by Gasteiger charge is 2.45. The molecule has 1 fully saturated rings. The van der Waals surface area contributed by atoms with E-state index < -0.39 is 23.2 Å². The summed E-state index contributed by atoms with van der Waals surface area (Å²) < 4.78 is 26.9. The molecule has 0 saturated carbocycles. The van der Waals surface area contributed by atoms with E-state index in [9.17, 15) is 18.4 Å². The van der Waals surface area contributed by atoms with Gasteiger partial charge in [-0.1, -0.05) is 11.6 Å². The number of amides is 2. The molecule has 0 atom stereocenters. The minimum absolute atomic E-state index is 0.0190. The number of anilines is 1. The molecule has 2 amide bonds. The second-order valence-corrected chi connectivity index (χ2v) is 7.59. The van der Waals surface area contributed by atoms with E-state index in [1.54, 1.807) is 17.0 Å². The van der Waals surface area contributed by atoms with Crippen molar-refractivity contribution >= 4 is 29.1 Å². The summed E-state index contributed by atoms with van der Waals surface area (Å²) in [5.41, 5.74) is 0.644. The predicted molar refractivity (Wildman–Crippen MR) is 102 cm³/mol. The predicted octanol–water partition coefficient (Wildman–Crippen LogP) is 3.43. The van der Waals surface area contributed by atoms with Crippen LogP contribution in [0.2, 0.25) is 5.02 Å². The van der Waals surface area contributed by atoms with Gasteiger partial charge in [0.1, 0.15) is 17.3 Å². The fourth-order valence-electron chi connectivity index (χ4n) is 3.98. The lowest BCUT2D eigenvalue weighted by Gasteiger charge is -2.51. The molecule has 4 rings (SSSR count). The van der Waals surface area contributed by atoms with Gasteiger partial charge in [0.2, 0.25) is 0 Å². The zero-order chi connectivity index (χ0) is 20.1. The van der Waals surface area contributed by atoms with Crippen LogP contribution in [0, 0.1) is 11.6 Å². The van der Waals surface area contributed by atoms with Crippen LogP contribution in [0.4, 0.5) is 14.5 Å². The van der Waals surface area contributed by atoms with Crippen LogP contribution >= 0.6 is 11.6 Å². The summed E-state index contributed by atoms with van der Waals surface area (Å²) in [6, 6.07) is 7.98. The van der Waals surface area contributed by atoms with Crippen molar-refractivity contribution in [3.63, 3.8) is 0 Å². The average Bonchev–Trinajstić information content (AvgIpc) is 2.65. The molecule has 2 aromatic rings. The molecule has 1 saturated heterocycles. The molecular formula is C20H18ClF2N3O2. The Kier molecular flexibility index (Phi) is 4.50. The molecule has 2 heterocycles. The van der Waals surface area contributed by atoms with Gasteiger partial charge in [-0.15, -0.1) is 0 Å². The standard InChI is InChI=1S/C20H18ClF2N3O2/c1-25-17-3-2-13(21)10-16(17)18(27)24-20(25)4-6-26(7-5-20)19(28)12-8-14(22)11-15(23)9-12/h2-3,8-11H,4-7H2,1H3,(H,24,27). The summed E-state index contributed by atoms with van der Waals surface area (Å²) in [7, 11) is 1.89. The van der Waals surface area contributed by atoms with Crippen LogP contribution in [-0.4, -0.2) is 42.5 Å². The first-order valence-electron chi connectivity index (χ1n) is 8.90. The number of hydrogen-bond donors (Lipinski definition) is 1. The minimum Gasteiger partial charge on any atom is -0.351 e. The summed E-state index contributed by atoms with van der Waals surface area (Å²) in [6.45, 7) is 0.703. The summed E-state index contributed by atoms with van der Waals surface area (Å²) >= 11 is 6.01. The number of halogens is 3.